The summed E-state index contributed by atoms with van der Waals surface area (Å²) >= 11 is 0. The third-order valence-corrected chi connectivity index (χ3v) is 11.5. The number of fused-ring (bicyclic) bond motifs is 7. The van der Waals surface area contributed by atoms with Crippen molar-refractivity contribution >= 4 is 17.1 Å². The predicted molar refractivity (Wildman–Crippen MR) is 194 cm³/mol. The van der Waals surface area contributed by atoms with Crippen LogP contribution in [0.5, 0.6) is 0 Å². The highest BCUT2D eigenvalue weighted by atomic mass is 15.2. The number of anilines is 3. The quantitative estimate of drug-likeness (QED) is 0.193. The van der Waals surface area contributed by atoms with Crippen LogP contribution in [-0.2, 0) is 16.2 Å². The Kier molecular flexibility index (Phi) is 5.43. The Labute approximate surface area is 273 Å². The molecule has 0 fully saturated rings. The number of benzene rings is 6. The molecule has 0 unspecified atom stereocenters. The predicted octanol–water partition coefficient (Wildman–Crippen LogP) is 12.1. The molecule has 0 N–H and O–H groups in total. The van der Waals surface area contributed by atoms with Gasteiger partial charge in [0, 0.05) is 16.2 Å². The molecule has 0 saturated heterocycles. The Balaban J connectivity index is 1.22. The summed E-state index contributed by atoms with van der Waals surface area (Å²) < 4.78 is 0. The number of hydrogen-bond donors (Lipinski definition) is 0. The second-order valence-electron chi connectivity index (χ2n) is 15.0. The molecule has 46 heavy (non-hydrogen) atoms. The van der Waals surface area contributed by atoms with Gasteiger partial charge in [0.2, 0.25) is 0 Å². The van der Waals surface area contributed by atoms with E-state index >= 15 is 0 Å². The number of rotatable bonds is 2. The van der Waals surface area contributed by atoms with Crippen molar-refractivity contribution in [2.45, 2.75) is 57.8 Å². The zero-order valence-electron chi connectivity index (χ0n) is 27.6. The first kappa shape index (κ1) is 27.4. The first-order valence-corrected chi connectivity index (χ1v) is 16.6. The minimum atomic E-state index is -0.159. The molecule has 0 aromatic heterocycles. The molecule has 0 bridgehead atoms. The van der Waals surface area contributed by atoms with Gasteiger partial charge in [0.25, 0.3) is 0 Å². The Bertz CT molecular complexity index is 2240. The lowest BCUT2D eigenvalue weighted by Gasteiger charge is -2.49. The zero-order chi connectivity index (χ0) is 31.6. The molecule has 2 aliphatic heterocycles. The summed E-state index contributed by atoms with van der Waals surface area (Å²) in [6.45, 7) is 14.3. The van der Waals surface area contributed by atoms with E-state index in [0.717, 1.165) is 0 Å². The van der Waals surface area contributed by atoms with Gasteiger partial charge >= 0.3 is 0 Å². The van der Waals surface area contributed by atoms with Crippen LogP contribution in [0.4, 0.5) is 17.1 Å². The van der Waals surface area contributed by atoms with E-state index in [1.54, 1.807) is 0 Å². The smallest absolute Gasteiger partial charge is 0.0543 e. The second-order valence-corrected chi connectivity index (χ2v) is 15.0. The van der Waals surface area contributed by atoms with Crippen molar-refractivity contribution in [3.63, 3.8) is 0 Å². The molecule has 0 saturated carbocycles. The first-order chi connectivity index (χ1) is 22.1. The lowest BCUT2D eigenvalue weighted by atomic mass is 9.66. The zero-order valence-corrected chi connectivity index (χ0v) is 27.6. The third kappa shape index (κ3) is 3.46. The molecule has 3 aliphatic rings. The van der Waals surface area contributed by atoms with Crippen molar-refractivity contribution in [3.05, 3.63) is 161 Å². The van der Waals surface area contributed by atoms with Crippen LogP contribution < -0.4 is 4.90 Å². The standard InChI is InChI=1S/C45H39N/c1-43(2)34-17-10-9-16-32(34)33-24-22-28(26-38(33)43)30-14-7-8-15-31(30)29-23-25-41-39(27-29)45(5,6)37-20-13-19-36-42(37)46(41)40-21-12-11-18-35(40)44(36,3)4/h7-27H,1-6H3. The summed E-state index contributed by atoms with van der Waals surface area (Å²) in [5.41, 5.74) is 19.8. The molecule has 9 rings (SSSR count). The van der Waals surface area contributed by atoms with Crippen LogP contribution in [0.3, 0.4) is 0 Å². The van der Waals surface area contributed by atoms with Crippen LogP contribution in [0.2, 0.25) is 0 Å². The minimum absolute atomic E-state index is 0.0295. The molecule has 0 radical (unpaired) electrons. The molecular formula is C45H39N. The highest BCUT2D eigenvalue weighted by Gasteiger charge is 2.45. The lowest BCUT2D eigenvalue weighted by Crippen LogP contribution is -2.38. The average Bonchev–Trinajstić information content (AvgIpc) is 3.30. The molecule has 6 aromatic rings. The van der Waals surface area contributed by atoms with Crippen LogP contribution in [0, 0.1) is 0 Å². The van der Waals surface area contributed by atoms with Crippen molar-refractivity contribution < 1.29 is 0 Å². The number of nitrogens with zero attached hydrogens (tertiary/aromatic N) is 1. The van der Waals surface area contributed by atoms with Crippen LogP contribution >= 0.6 is 0 Å². The molecule has 2 heterocycles. The van der Waals surface area contributed by atoms with Gasteiger partial charge in [-0.05, 0) is 91.0 Å². The Morgan fingerprint density at radius 3 is 1.50 bits per heavy atom. The fourth-order valence-electron chi connectivity index (χ4n) is 8.91. The van der Waals surface area contributed by atoms with Gasteiger partial charge in [-0.15, -0.1) is 0 Å². The lowest BCUT2D eigenvalue weighted by molar-refractivity contribution is 0.597. The highest BCUT2D eigenvalue weighted by molar-refractivity contribution is 5.95. The largest absolute Gasteiger partial charge is 0.309 e. The molecular weight excluding hydrogens is 555 g/mol. The maximum Gasteiger partial charge on any atom is 0.0543 e. The molecule has 0 atom stereocenters. The molecule has 0 amide bonds. The molecule has 0 spiro atoms. The van der Waals surface area contributed by atoms with Crippen molar-refractivity contribution in [1.29, 1.82) is 0 Å². The van der Waals surface area contributed by atoms with Gasteiger partial charge in [-0.25, -0.2) is 0 Å². The topological polar surface area (TPSA) is 3.24 Å². The van der Waals surface area contributed by atoms with Crippen LogP contribution in [0.15, 0.2) is 127 Å². The van der Waals surface area contributed by atoms with Gasteiger partial charge in [0.15, 0.2) is 0 Å². The minimum Gasteiger partial charge on any atom is -0.309 e. The first-order valence-electron chi connectivity index (χ1n) is 16.6. The van der Waals surface area contributed by atoms with Gasteiger partial charge in [-0.3, -0.25) is 0 Å². The van der Waals surface area contributed by atoms with E-state index in [9.17, 15) is 0 Å². The van der Waals surface area contributed by atoms with Crippen molar-refractivity contribution in [3.8, 4) is 33.4 Å². The van der Waals surface area contributed by atoms with Gasteiger partial charge in [0.1, 0.15) is 0 Å². The van der Waals surface area contributed by atoms with Gasteiger partial charge < -0.3 is 4.90 Å². The van der Waals surface area contributed by atoms with Gasteiger partial charge in [-0.1, -0.05) is 145 Å². The summed E-state index contributed by atoms with van der Waals surface area (Å²) in [5.74, 6) is 0. The van der Waals surface area contributed by atoms with E-state index in [2.05, 4.69) is 174 Å². The van der Waals surface area contributed by atoms with Crippen molar-refractivity contribution in [2.75, 3.05) is 4.90 Å². The van der Waals surface area contributed by atoms with E-state index in [1.807, 2.05) is 0 Å². The maximum atomic E-state index is 2.54. The Morgan fingerprint density at radius 1 is 0.348 bits per heavy atom. The monoisotopic (exact) mass is 593 g/mol. The van der Waals surface area contributed by atoms with E-state index in [0.29, 0.717) is 0 Å². The normalized spacial score (nSPS) is 17.0. The summed E-state index contributed by atoms with van der Waals surface area (Å²) in [7, 11) is 0. The van der Waals surface area contributed by atoms with Crippen LogP contribution in [-0.4, -0.2) is 0 Å². The van der Waals surface area contributed by atoms with Gasteiger partial charge in [-0.2, -0.15) is 0 Å². The molecule has 1 aliphatic carbocycles. The number of hydrogen-bond acceptors (Lipinski definition) is 1. The van der Waals surface area contributed by atoms with E-state index in [4.69, 9.17) is 0 Å². The van der Waals surface area contributed by atoms with Crippen molar-refractivity contribution in [1.82, 2.24) is 0 Å². The van der Waals surface area contributed by atoms with Gasteiger partial charge in [0.05, 0.1) is 17.1 Å². The van der Waals surface area contributed by atoms with Crippen LogP contribution in [0.25, 0.3) is 33.4 Å². The summed E-state index contributed by atoms with van der Waals surface area (Å²) in [6.07, 6.45) is 0. The summed E-state index contributed by atoms with van der Waals surface area (Å²) in [5, 5.41) is 0. The molecule has 6 aromatic carbocycles. The molecule has 1 nitrogen and oxygen atoms in total. The third-order valence-electron chi connectivity index (χ3n) is 11.5. The fraction of sp³-hybridized carbons (Fsp3) is 0.200. The van der Waals surface area contributed by atoms with E-state index in [1.165, 1.54) is 83.8 Å². The van der Waals surface area contributed by atoms with E-state index in [-0.39, 0.29) is 16.2 Å². The Hall–Kier alpha value is -4.88. The summed E-state index contributed by atoms with van der Waals surface area (Å²) in [6, 6.07) is 48.1. The molecule has 224 valence electrons. The average molecular weight is 594 g/mol. The Morgan fingerprint density at radius 2 is 0.804 bits per heavy atom. The molecule has 1 heteroatoms. The maximum absolute atomic E-state index is 2.54. The fourth-order valence-corrected chi connectivity index (χ4v) is 8.91. The van der Waals surface area contributed by atoms with Crippen molar-refractivity contribution in [2.24, 2.45) is 0 Å². The van der Waals surface area contributed by atoms with E-state index < -0.39 is 0 Å². The highest BCUT2D eigenvalue weighted by Crippen LogP contribution is 2.60. The summed E-state index contributed by atoms with van der Waals surface area (Å²) in [4.78, 5) is 2.54. The second kappa shape index (κ2) is 9.10. The number of para-hydroxylation sites is 2. The van der Waals surface area contributed by atoms with Crippen LogP contribution in [0.1, 0.15) is 74.9 Å². The SMILES string of the molecule is CC1(C)c2ccccc2-c2ccc(-c3ccccc3-c3ccc4c(c3)C(C)(C)c3cccc5c3N4c3ccccc3C5(C)C)cc21.